The van der Waals surface area contributed by atoms with Crippen LogP contribution >= 0.6 is 11.3 Å². The van der Waals surface area contributed by atoms with E-state index in [4.69, 9.17) is 8.94 Å². The minimum Gasteiger partial charge on any atom is -0.422 e. The van der Waals surface area contributed by atoms with Crippen LogP contribution in [0.5, 0.6) is 0 Å². The van der Waals surface area contributed by atoms with E-state index in [9.17, 15) is 9.50 Å². The first kappa shape index (κ1) is 17.3. The van der Waals surface area contributed by atoms with Crippen molar-refractivity contribution < 1.29 is 18.4 Å². The van der Waals surface area contributed by atoms with Gasteiger partial charge in [0.2, 0.25) is 11.8 Å². The molecule has 0 unspecified atom stereocenters. The summed E-state index contributed by atoms with van der Waals surface area (Å²) < 4.78 is 23.8. The fraction of sp³-hybridized carbons (Fsp3) is 0.471. The van der Waals surface area contributed by atoms with Crippen LogP contribution in [0.3, 0.4) is 0 Å². The van der Waals surface area contributed by atoms with Crippen molar-refractivity contribution in [3.8, 4) is 10.6 Å². The fourth-order valence-electron chi connectivity index (χ4n) is 3.04. The molecule has 0 spiro atoms. The van der Waals surface area contributed by atoms with Crippen molar-refractivity contribution in [2.24, 2.45) is 5.92 Å². The molecule has 1 atom stereocenters. The predicted molar refractivity (Wildman–Crippen MR) is 91.8 cm³/mol. The van der Waals surface area contributed by atoms with Crippen LogP contribution in [0.15, 0.2) is 27.1 Å². The summed E-state index contributed by atoms with van der Waals surface area (Å²) in [6.07, 6.45) is 2.03. The average Bonchev–Trinajstić information content (AvgIpc) is 3.29. The Morgan fingerprint density at radius 1 is 1.38 bits per heavy atom. The summed E-state index contributed by atoms with van der Waals surface area (Å²) in [5.74, 6) is 2.07. The zero-order valence-corrected chi connectivity index (χ0v) is 15.0. The SMILES string of the molecule is C[C@@H](O)c1nnc(CC2CC(NCc3cc(-c4ccc(F)s4)no3)C2)o1. The lowest BCUT2D eigenvalue weighted by Crippen LogP contribution is -2.41. The molecule has 9 heteroatoms. The van der Waals surface area contributed by atoms with Gasteiger partial charge in [0.15, 0.2) is 10.9 Å². The van der Waals surface area contributed by atoms with Crippen LogP contribution in [0.4, 0.5) is 4.39 Å². The maximum absolute atomic E-state index is 13.1. The highest BCUT2D eigenvalue weighted by Gasteiger charge is 2.30. The minimum atomic E-state index is -0.732. The van der Waals surface area contributed by atoms with Crippen molar-refractivity contribution in [2.45, 2.75) is 44.9 Å². The highest BCUT2D eigenvalue weighted by atomic mass is 32.1. The van der Waals surface area contributed by atoms with Gasteiger partial charge in [0.1, 0.15) is 11.8 Å². The molecule has 0 aromatic carbocycles. The van der Waals surface area contributed by atoms with Crippen molar-refractivity contribution in [1.82, 2.24) is 20.7 Å². The number of aromatic nitrogens is 3. The third-order valence-electron chi connectivity index (χ3n) is 4.49. The van der Waals surface area contributed by atoms with Gasteiger partial charge in [-0.2, -0.15) is 4.39 Å². The Hall–Kier alpha value is -2.10. The molecule has 0 bridgehead atoms. The molecule has 26 heavy (non-hydrogen) atoms. The monoisotopic (exact) mass is 378 g/mol. The topological polar surface area (TPSA) is 97.2 Å². The van der Waals surface area contributed by atoms with Gasteiger partial charge in [-0.1, -0.05) is 5.16 Å². The summed E-state index contributed by atoms with van der Waals surface area (Å²) in [4.78, 5) is 0.761. The van der Waals surface area contributed by atoms with E-state index in [0.29, 0.717) is 30.1 Å². The molecular weight excluding hydrogens is 359 g/mol. The molecule has 1 fully saturated rings. The van der Waals surface area contributed by atoms with Gasteiger partial charge in [-0.3, -0.25) is 0 Å². The Kier molecular flexibility index (Phi) is 4.84. The number of nitrogens with zero attached hydrogens (tertiary/aromatic N) is 3. The molecule has 1 aliphatic carbocycles. The number of aliphatic hydroxyl groups excluding tert-OH is 1. The van der Waals surface area contributed by atoms with Crippen molar-refractivity contribution in [1.29, 1.82) is 0 Å². The maximum atomic E-state index is 13.1. The molecule has 0 aliphatic heterocycles. The molecule has 0 saturated heterocycles. The smallest absolute Gasteiger partial charge is 0.244 e. The second-order valence-electron chi connectivity index (χ2n) is 6.61. The van der Waals surface area contributed by atoms with E-state index < -0.39 is 6.10 Å². The number of hydrogen-bond acceptors (Lipinski definition) is 8. The lowest BCUT2D eigenvalue weighted by atomic mass is 9.78. The first-order chi connectivity index (χ1) is 12.6. The Morgan fingerprint density at radius 3 is 2.92 bits per heavy atom. The Labute approximate surface area is 153 Å². The molecule has 1 aliphatic rings. The normalized spacial score (nSPS) is 20.9. The average molecular weight is 378 g/mol. The predicted octanol–water partition coefficient (Wildman–Crippen LogP) is 3.09. The number of halogens is 1. The summed E-state index contributed by atoms with van der Waals surface area (Å²) in [5, 5.41) is 24.4. The first-order valence-electron chi connectivity index (χ1n) is 8.52. The van der Waals surface area contributed by atoms with E-state index in [2.05, 4.69) is 20.7 Å². The zero-order chi connectivity index (χ0) is 18.1. The van der Waals surface area contributed by atoms with Crippen LogP contribution in [0.2, 0.25) is 0 Å². The molecule has 0 amide bonds. The first-order valence-corrected chi connectivity index (χ1v) is 9.33. The summed E-state index contributed by atoms with van der Waals surface area (Å²) in [6, 6.07) is 5.37. The van der Waals surface area contributed by atoms with Gasteiger partial charge < -0.3 is 19.4 Å². The molecular formula is C17H19FN4O3S. The van der Waals surface area contributed by atoms with Gasteiger partial charge in [0.05, 0.1) is 11.4 Å². The molecule has 3 aromatic heterocycles. The lowest BCUT2D eigenvalue weighted by Gasteiger charge is -2.35. The molecule has 1 saturated carbocycles. The van der Waals surface area contributed by atoms with E-state index >= 15 is 0 Å². The number of nitrogens with one attached hydrogen (secondary N) is 1. The zero-order valence-electron chi connectivity index (χ0n) is 14.2. The van der Waals surface area contributed by atoms with Gasteiger partial charge in [-0.05, 0) is 37.8 Å². The van der Waals surface area contributed by atoms with Crippen molar-refractivity contribution in [2.75, 3.05) is 0 Å². The maximum Gasteiger partial charge on any atom is 0.244 e. The van der Waals surface area contributed by atoms with Gasteiger partial charge in [0, 0.05) is 18.5 Å². The highest BCUT2D eigenvalue weighted by Crippen LogP contribution is 2.31. The molecule has 3 heterocycles. The fourth-order valence-corrected chi connectivity index (χ4v) is 3.73. The van der Waals surface area contributed by atoms with Crippen molar-refractivity contribution in [3.63, 3.8) is 0 Å². The lowest BCUT2D eigenvalue weighted by molar-refractivity contribution is 0.156. The van der Waals surface area contributed by atoms with Crippen molar-refractivity contribution in [3.05, 3.63) is 40.9 Å². The van der Waals surface area contributed by atoms with Gasteiger partial charge in [-0.25, -0.2) is 0 Å². The number of thiophene rings is 1. The van der Waals surface area contributed by atoms with Gasteiger partial charge in [0.25, 0.3) is 0 Å². The summed E-state index contributed by atoms with van der Waals surface area (Å²) in [7, 11) is 0. The molecule has 4 rings (SSSR count). The van der Waals surface area contributed by atoms with Crippen LogP contribution in [0.1, 0.15) is 43.4 Å². The van der Waals surface area contributed by atoms with Gasteiger partial charge >= 0.3 is 0 Å². The van der Waals surface area contributed by atoms with Crippen LogP contribution < -0.4 is 5.32 Å². The largest absolute Gasteiger partial charge is 0.422 e. The van der Waals surface area contributed by atoms with Crippen LogP contribution in [-0.2, 0) is 13.0 Å². The third kappa shape index (κ3) is 3.84. The summed E-state index contributed by atoms with van der Waals surface area (Å²) in [5.41, 5.74) is 0.660. The van der Waals surface area contributed by atoms with E-state index in [-0.39, 0.29) is 11.0 Å². The third-order valence-corrected chi connectivity index (χ3v) is 5.38. The van der Waals surface area contributed by atoms with Crippen LogP contribution in [-0.4, -0.2) is 26.5 Å². The number of hydrogen-bond donors (Lipinski definition) is 2. The molecule has 7 nitrogen and oxygen atoms in total. The van der Waals surface area contributed by atoms with Crippen molar-refractivity contribution >= 4 is 11.3 Å². The quantitative estimate of drug-likeness (QED) is 0.652. The molecule has 3 aromatic rings. The van der Waals surface area contributed by atoms with Crippen LogP contribution in [0, 0.1) is 11.0 Å². The molecule has 138 valence electrons. The Balaban J connectivity index is 1.22. The van der Waals surface area contributed by atoms with E-state index in [1.54, 1.807) is 13.0 Å². The second-order valence-corrected chi connectivity index (χ2v) is 7.65. The van der Waals surface area contributed by atoms with E-state index in [1.807, 2.05) is 6.07 Å². The number of rotatable bonds is 7. The molecule has 2 N–H and O–H groups in total. The summed E-state index contributed by atoms with van der Waals surface area (Å²) in [6.45, 7) is 2.19. The summed E-state index contributed by atoms with van der Waals surface area (Å²) >= 11 is 1.05. The van der Waals surface area contributed by atoms with Gasteiger partial charge in [-0.15, -0.1) is 21.5 Å². The molecule has 0 radical (unpaired) electrons. The van der Waals surface area contributed by atoms with E-state index in [1.165, 1.54) is 6.07 Å². The second kappa shape index (κ2) is 7.26. The standard InChI is InChI=1S/C17H19FN4O3S/c1-9(23)17-21-20-16(24-17)6-10-4-11(5-10)19-8-12-7-13(22-25-12)14-2-3-15(18)26-14/h2-3,7,9-11,19,23H,4-6,8H2,1H3/t9-,10?,11?/m1/s1. The number of aliphatic hydroxyl groups is 1. The Morgan fingerprint density at radius 2 is 2.23 bits per heavy atom. The highest BCUT2D eigenvalue weighted by molar-refractivity contribution is 7.13. The Bertz CT molecular complexity index is 869. The van der Waals surface area contributed by atoms with E-state index in [0.717, 1.165) is 41.2 Å². The van der Waals surface area contributed by atoms with Crippen LogP contribution in [0.25, 0.3) is 10.6 Å². The minimum absolute atomic E-state index is 0.231.